The summed E-state index contributed by atoms with van der Waals surface area (Å²) in [6, 6.07) is 23.8. The third kappa shape index (κ3) is 5.83. The number of unbranched alkanes of at least 4 members (excludes halogenated alkanes) is 2. The summed E-state index contributed by atoms with van der Waals surface area (Å²) < 4.78 is 0. The van der Waals surface area contributed by atoms with Crippen LogP contribution in [0, 0.1) is 0 Å². The van der Waals surface area contributed by atoms with Crippen LogP contribution in [0.2, 0.25) is 31.4 Å². The van der Waals surface area contributed by atoms with Crippen molar-refractivity contribution in [2.75, 3.05) is 5.88 Å². The Bertz CT molecular complexity index is 638. The van der Waals surface area contributed by atoms with Crippen molar-refractivity contribution >= 4 is 32.9 Å². The molecule has 0 saturated carbocycles. The van der Waals surface area contributed by atoms with E-state index in [0.717, 1.165) is 17.5 Å². The Morgan fingerprint density at radius 2 is 1.35 bits per heavy atom. The van der Waals surface area contributed by atoms with E-state index in [0.29, 0.717) is 0 Å². The summed E-state index contributed by atoms with van der Waals surface area (Å²) in [6.45, 7) is 10.5. The number of alkyl halides is 1. The first kappa shape index (κ1) is 21.5. The first-order valence-corrected chi connectivity index (χ1v) is 16.9. The minimum absolute atomic E-state index is 0.801. The minimum Gasteiger partial charge on any atom is -0.127 e. The zero-order valence-electron chi connectivity index (χ0n) is 17.0. The fourth-order valence-corrected chi connectivity index (χ4v) is 18.4. The highest BCUT2D eigenvalue weighted by molar-refractivity contribution is 7.03. The Kier molecular flexibility index (Phi) is 8.18. The van der Waals surface area contributed by atoms with Crippen LogP contribution in [-0.2, 0) is 6.04 Å². The largest absolute Gasteiger partial charge is 0.127 e. The number of hydrogen-bond acceptors (Lipinski definition) is 0. The summed E-state index contributed by atoms with van der Waals surface area (Å²) in [5, 5.41) is 2.50. The molecule has 3 heteroatoms. The minimum atomic E-state index is -1.53. The fourth-order valence-electron chi connectivity index (χ4n) is 4.66. The summed E-state index contributed by atoms with van der Waals surface area (Å²) in [5.74, 6) is 0.801. The second-order valence-electron chi connectivity index (χ2n) is 8.83. The lowest BCUT2D eigenvalue weighted by atomic mass is 10.2. The van der Waals surface area contributed by atoms with Crippen molar-refractivity contribution in [3.05, 3.63) is 66.2 Å². The molecule has 0 heterocycles. The molecule has 0 aliphatic rings. The van der Waals surface area contributed by atoms with E-state index in [1.54, 1.807) is 5.19 Å². The lowest BCUT2D eigenvalue weighted by Crippen LogP contribution is -2.56. The van der Waals surface area contributed by atoms with Gasteiger partial charge in [-0.15, -0.1) is 11.6 Å². The standard InChI is InChI=1S/C23H35ClSi2/c1-25(2,20-21-14-8-5-9-15-21)23(18-12-7-13-19-24)26(3,4)22-16-10-6-11-17-22/h5-6,8-11,14-17,23H,7,12-13,18-20H2,1-4H3. The van der Waals surface area contributed by atoms with E-state index in [-0.39, 0.29) is 0 Å². The normalized spacial score (nSPS) is 13.6. The average molecular weight is 403 g/mol. The molecule has 2 rings (SSSR count). The molecule has 26 heavy (non-hydrogen) atoms. The quantitative estimate of drug-likeness (QED) is 0.233. The first-order chi connectivity index (χ1) is 12.4. The summed E-state index contributed by atoms with van der Waals surface area (Å²) in [4.78, 5) is 0. The van der Waals surface area contributed by atoms with E-state index >= 15 is 0 Å². The molecule has 1 unspecified atom stereocenters. The number of benzene rings is 2. The molecule has 0 fully saturated rings. The van der Waals surface area contributed by atoms with E-state index in [4.69, 9.17) is 11.6 Å². The van der Waals surface area contributed by atoms with Gasteiger partial charge in [-0.05, 0) is 17.6 Å². The molecule has 0 aromatic heterocycles. The van der Waals surface area contributed by atoms with Gasteiger partial charge in [-0.2, -0.15) is 0 Å². The average Bonchev–Trinajstić information content (AvgIpc) is 2.62. The van der Waals surface area contributed by atoms with Gasteiger partial charge in [0.15, 0.2) is 0 Å². The van der Waals surface area contributed by atoms with Crippen LogP contribution in [0.15, 0.2) is 60.7 Å². The van der Waals surface area contributed by atoms with E-state index < -0.39 is 16.1 Å². The second kappa shape index (κ2) is 9.91. The van der Waals surface area contributed by atoms with Crippen molar-refractivity contribution in [1.82, 2.24) is 0 Å². The summed E-state index contributed by atoms with van der Waals surface area (Å²) in [5.41, 5.74) is 1.52. The Labute approximate surface area is 168 Å². The highest BCUT2D eigenvalue weighted by Gasteiger charge is 2.43. The fraction of sp³-hybridized carbons (Fsp3) is 0.478. The Morgan fingerprint density at radius 3 is 1.92 bits per heavy atom. The monoisotopic (exact) mass is 402 g/mol. The molecule has 0 N–H and O–H groups in total. The third-order valence-corrected chi connectivity index (χ3v) is 18.1. The molecule has 0 bridgehead atoms. The van der Waals surface area contributed by atoms with Crippen LogP contribution in [0.25, 0.3) is 0 Å². The van der Waals surface area contributed by atoms with Gasteiger partial charge in [-0.3, -0.25) is 0 Å². The molecule has 0 radical (unpaired) electrons. The molecular formula is C23H35ClSi2. The Morgan fingerprint density at radius 1 is 0.769 bits per heavy atom. The summed E-state index contributed by atoms with van der Waals surface area (Å²) >= 11 is 5.92. The van der Waals surface area contributed by atoms with Crippen molar-refractivity contribution in [1.29, 1.82) is 0 Å². The van der Waals surface area contributed by atoms with E-state index in [9.17, 15) is 0 Å². The molecule has 0 aliphatic carbocycles. The molecule has 142 valence electrons. The van der Waals surface area contributed by atoms with Crippen LogP contribution in [0.4, 0.5) is 0 Å². The number of halogens is 1. The van der Waals surface area contributed by atoms with Gasteiger partial charge in [0.05, 0.1) is 16.1 Å². The van der Waals surface area contributed by atoms with Crippen molar-refractivity contribution < 1.29 is 0 Å². The maximum atomic E-state index is 5.92. The van der Waals surface area contributed by atoms with Gasteiger partial charge in [-0.1, -0.05) is 117 Å². The van der Waals surface area contributed by atoms with Gasteiger partial charge >= 0.3 is 0 Å². The topological polar surface area (TPSA) is 0 Å². The van der Waals surface area contributed by atoms with Crippen LogP contribution in [0.3, 0.4) is 0 Å². The van der Waals surface area contributed by atoms with Crippen LogP contribution in [0.1, 0.15) is 31.2 Å². The van der Waals surface area contributed by atoms with Crippen LogP contribution in [0.5, 0.6) is 0 Å². The molecular weight excluding hydrogens is 368 g/mol. The van der Waals surface area contributed by atoms with E-state index in [2.05, 4.69) is 86.9 Å². The van der Waals surface area contributed by atoms with Crippen LogP contribution in [-0.4, -0.2) is 22.0 Å². The predicted molar refractivity (Wildman–Crippen MR) is 124 cm³/mol. The third-order valence-electron chi connectivity index (χ3n) is 5.96. The van der Waals surface area contributed by atoms with Gasteiger partial charge in [0, 0.05) is 5.88 Å². The van der Waals surface area contributed by atoms with Gasteiger partial charge in [0.25, 0.3) is 0 Å². The first-order valence-electron chi connectivity index (χ1n) is 10.0. The maximum absolute atomic E-state index is 5.92. The smallest absolute Gasteiger partial charge is 0.0811 e. The molecule has 0 aliphatic heterocycles. The summed E-state index contributed by atoms with van der Waals surface area (Å²) in [7, 11) is -2.95. The van der Waals surface area contributed by atoms with Gasteiger partial charge < -0.3 is 0 Å². The molecule has 2 aromatic carbocycles. The maximum Gasteiger partial charge on any atom is 0.0811 e. The zero-order valence-corrected chi connectivity index (χ0v) is 19.7. The summed E-state index contributed by atoms with van der Waals surface area (Å²) in [6.07, 6.45) is 5.13. The van der Waals surface area contributed by atoms with Gasteiger partial charge in [0.1, 0.15) is 0 Å². The van der Waals surface area contributed by atoms with E-state index in [1.165, 1.54) is 30.9 Å². The lowest BCUT2D eigenvalue weighted by molar-refractivity contribution is 0.677. The van der Waals surface area contributed by atoms with Gasteiger partial charge in [-0.25, -0.2) is 0 Å². The highest BCUT2D eigenvalue weighted by Crippen LogP contribution is 2.38. The van der Waals surface area contributed by atoms with Gasteiger partial charge in [0.2, 0.25) is 0 Å². The predicted octanol–water partition coefficient (Wildman–Crippen LogP) is 6.80. The van der Waals surface area contributed by atoms with Crippen molar-refractivity contribution in [3.63, 3.8) is 0 Å². The SMILES string of the molecule is C[Si](C)(Cc1ccccc1)C(CCCCCCl)[Si](C)(C)c1ccccc1. The van der Waals surface area contributed by atoms with Crippen LogP contribution < -0.4 is 5.19 Å². The van der Waals surface area contributed by atoms with Crippen molar-refractivity contribution in [2.45, 2.75) is 63.1 Å². The molecule has 0 spiro atoms. The molecule has 0 saturated heterocycles. The second-order valence-corrected chi connectivity index (χ2v) is 19.5. The number of hydrogen-bond donors (Lipinski definition) is 0. The zero-order chi connectivity index (χ0) is 19.0. The van der Waals surface area contributed by atoms with Crippen molar-refractivity contribution in [2.24, 2.45) is 0 Å². The Balaban J connectivity index is 2.27. The Hall–Kier alpha value is -0.836. The van der Waals surface area contributed by atoms with Crippen molar-refractivity contribution in [3.8, 4) is 0 Å². The highest BCUT2D eigenvalue weighted by atomic mass is 35.5. The number of rotatable bonds is 10. The molecule has 2 aromatic rings. The van der Waals surface area contributed by atoms with E-state index in [1.807, 2.05) is 0 Å². The molecule has 0 nitrogen and oxygen atoms in total. The lowest BCUT2D eigenvalue weighted by Gasteiger charge is -2.43. The molecule has 0 amide bonds. The van der Waals surface area contributed by atoms with Crippen LogP contribution >= 0.6 is 11.6 Å². The molecule has 1 atom stereocenters.